The Bertz CT molecular complexity index is 1580. The first kappa shape index (κ1) is 77.3. The average molecular weight is 1130 g/mol. The van der Waals surface area contributed by atoms with E-state index in [2.05, 4.69) is 118 Å². The van der Waals surface area contributed by atoms with E-state index in [0.717, 1.165) is 128 Å². The Hall–Kier alpha value is -3.67. The van der Waals surface area contributed by atoms with Gasteiger partial charge in [-0.3, -0.25) is 14.4 Å². The lowest BCUT2D eigenvalue weighted by Gasteiger charge is -2.18. The largest absolute Gasteiger partial charge is 0.462 e. The molecule has 1 atom stereocenters. The van der Waals surface area contributed by atoms with Crippen molar-refractivity contribution in [3.63, 3.8) is 0 Å². The summed E-state index contributed by atoms with van der Waals surface area (Å²) in [4.78, 5) is 38.3. The monoisotopic (exact) mass is 1130 g/mol. The predicted octanol–water partition coefficient (Wildman–Crippen LogP) is 24.0. The van der Waals surface area contributed by atoms with Gasteiger partial charge in [0.15, 0.2) is 6.10 Å². The van der Waals surface area contributed by atoms with E-state index < -0.39 is 6.10 Å². The van der Waals surface area contributed by atoms with Crippen LogP contribution in [0.15, 0.2) is 97.2 Å². The second kappa shape index (κ2) is 68.8. The van der Waals surface area contributed by atoms with Crippen molar-refractivity contribution in [1.82, 2.24) is 0 Å². The van der Waals surface area contributed by atoms with E-state index in [1.165, 1.54) is 173 Å². The molecule has 0 radical (unpaired) electrons. The van der Waals surface area contributed by atoms with Gasteiger partial charge in [-0.1, -0.05) is 304 Å². The number of hydrogen-bond acceptors (Lipinski definition) is 6. The van der Waals surface area contributed by atoms with Crippen LogP contribution in [0.5, 0.6) is 0 Å². The van der Waals surface area contributed by atoms with E-state index in [1.54, 1.807) is 0 Å². The van der Waals surface area contributed by atoms with Gasteiger partial charge in [-0.25, -0.2) is 0 Å². The van der Waals surface area contributed by atoms with Crippen LogP contribution in [0.2, 0.25) is 0 Å². The normalized spacial score (nSPS) is 12.7. The molecule has 466 valence electrons. The van der Waals surface area contributed by atoms with Crippen molar-refractivity contribution in [2.45, 2.75) is 348 Å². The van der Waals surface area contributed by atoms with E-state index in [-0.39, 0.29) is 31.1 Å². The fraction of sp³-hybridized carbons (Fsp3) is 0.747. The molecule has 0 spiro atoms. The summed E-state index contributed by atoms with van der Waals surface area (Å²) in [5.74, 6) is -0.895. The molecule has 1 unspecified atom stereocenters. The molecule has 6 nitrogen and oxygen atoms in total. The zero-order chi connectivity index (χ0) is 58.5. The molecule has 81 heavy (non-hydrogen) atoms. The predicted molar refractivity (Wildman–Crippen MR) is 353 cm³/mol. The lowest BCUT2D eigenvalue weighted by molar-refractivity contribution is -0.167. The molecule has 0 aromatic rings. The number of esters is 3. The van der Waals surface area contributed by atoms with E-state index >= 15 is 0 Å². The lowest BCUT2D eigenvalue weighted by Crippen LogP contribution is -2.30. The molecule has 0 aliphatic rings. The van der Waals surface area contributed by atoms with Gasteiger partial charge in [0.1, 0.15) is 13.2 Å². The summed E-state index contributed by atoms with van der Waals surface area (Å²) in [5, 5.41) is 0. The van der Waals surface area contributed by atoms with E-state index in [4.69, 9.17) is 14.2 Å². The maximum Gasteiger partial charge on any atom is 0.306 e. The van der Waals surface area contributed by atoms with Crippen LogP contribution in [-0.4, -0.2) is 37.2 Å². The van der Waals surface area contributed by atoms with Gasteiger partial charge < -0.3 is 14.2 Å². The van der Waals surface area contributed by atoms with Gasteiger partial charge in [-0.2, -0.15) is 0 Å². The van der Waals surface area contributed by atoms with Crippen LogP contribution in [0.1, 0.15) is 342 Å². The molecule has 0 saturated heterocycles. The third-order valence-electron chi connectivity index (χ3n) is 15.1. The number of allylic oxidation sites excluding steroid dienone is 16. The van der Waals surface area contributed by atoms with Crippen molar-refractivity contribution < 1.29 is 28.6 Å². The van der Waals surface area contributed by atoms with Gasteiger partial charge >= 0.3 is 17.9 Å². The Kier molecular flexibility index (Phi) is 65.7. The Morgan fingerprint density at radius 2 is 0.481 bits per heavy atom. The molecule has 0 aliphatic carbocycles. The van der Waals surface area contributed by atoms with Crippen molar-refractivity contribution in [3.05, 3.63) is 97.2 Å². The minimum absolute atomic E-state index is 0.0832. The molecule has 0 amide bonds. The molecule has 0 saturated carbocycles. The summed E-state index contributed by atoms with van der Waals surface area (Å²) in [6.45, 7) is 6.41. The molecule has 0 aliphatic heterocycles. The second-order valence-corrected chi connectivity index (χ2v) is 23.0. The molecule has 6 heteroatoms. The van der Waals surface area contributed by atoms with Crippen molar-refractivity contribution in [3.8, 4) is 0 Å². The number of ether oxygens (including phenoxy) is 3. The van der Waals surface area contributed by atoms with Crippen LogP contribution >= 0.6 is 0 Å². The minimum Gasteiger partial charge on any atom is -0.462 e. The van der Waals surface area contributed by atoms with E-state index in [9.17, 15) is 14.4 Å². The topological polar surface area (TPSA) is 78.9 Å². The van der Waals surface area contributed by atoms with Crippen LogP contribution < -0.4 is 0 Å². The summed E-state index contributed by atoms with van der Waals surface area (Å²) in [5.41, 5.74) is 0. The average Bonchev–Trinajstić information content (AvgIpc) is 3.46. The van der Waals surface area contributed by atoms with Gasteiger partial charge in [0.25, 0.3) is 0 Å². The van der Waals surface area contributed by atoms with E-state index in [0.29, 0.717) is 19.3 Å². The molecule has 0 aromatic heterocycles. The summed E-state index contributed by atoms with van der Waals surface area (Å²) in [7, 11) is 0. The molecular weight excluding hydrogens is 997 g/mol. The summed E-state index contributed by atoms with van der Waals surface area (Å²) < 4.78 is 16.9. The Balaban J connectivity index is 4.10. The summed E-state index contributed by atoms with van der Waals surface area (Å²) in [6, 6.07) is 0. The van der Waals surface area contributed by atoms with Crippen LogP contribution in [-0.2, 0) is 28.6 Å². The molecule has 0 bridgehead atoms. The maximum absolute atomic E-state index is 12.9. The van der Waals surface area contributed by atoms with Gasteiger partial charge in [0, 0.05) is 19.3 Å². The maximum atomic E-state index is 12.9. The Labute approximate surface area is 502 Å². The highest BCUT2D eigenvalue weighted by Crippen LogP contribution is 2.17. The van der Waals surface area contributed by atoms with Gasteiger partial charge in [-0.15, -0.1) is 0 Å². The highest BCUT2D eigenvalue weighted by Gasteiger charge is 2.19. The van der Waals surface area contributed by atoms with Crippen LogP contribution in [0.4, 0.5) is 0 Å². The number of rotatable bonds is 63. The Morgan fingerprint density at radius 3 is 0.765 bits per heavy atom. The summed E-state index contributed by atoms with van der Waals surface area (Å²) >= 11 is 0. The van der Waals surface area contributed by atoms with E-state index in [1.807, 2.05) is 0 Å². The number of carbonyl (C=O) groups excluding carboxylic acids is 3. The first-order chi connectivity index (χ1) is 40.0. The van der Waals surface area contributed by atoms with Crippen molar-refractivity contribution in [2.75, 3.05) is 13.2 Å². The first-order valence-electron chi connectivity index (χ1n) is 34.7. The number of unbranched alkanes of at least 4 members (excludes halogenated alkanes) is 36. The highest BCUT2D eigenvalue weighted by molar-refractivity contribution is 5.71. The first-order valence-corrected chi connectivity index (χ1v) is 34.7. The third-order valence-corrected chi connectivity index (χ3v) is 15.1. The standard InChI is InChI=1S/C75H130O6/c1-4-7-10-13-16-19-22-25-27-28-29-30-31-32-33-34-35-36-37-38-39-40-41-42-43-44-45-46-48-50-53-56-59-62-65-68-74(77)80-71-72(70-79-73(76)67-64-61-58-55-52-49-24-21-18-15-12-9-6-3)81-75(78)69-66-63-60-57-54-51-47-26-23-20-17-14-11-8-5-2/h7-8,10-11,16-17,19-21,24-27,29-30,47,72H,4-6,9,12-15,18,22-23,28,31-46,48-71H2,1-3H3/b10-7-,11-8-,19-16-,20-17-,24-21-,27-25-,30-29-,47-26-. The summed E-state index contributed by atoms with van der Waals surface area (Å²) in [6.07, 6.45) is 93.1. The van der Waals surface area contributed by atoms with Crippen LogP contribution in [0.25, 0.3) is 0 Å². The van der Waals surface area contributed by atoms with Crippen molar-refractivity contribution in [1.29, 1.82) is 0 Å². The fourth-order valence-electron chi connectivity index (χ4n) is 9.92. The third kappa shape index (κ3) is 67.0. The second-order valence-electron chi connectivity index (χ2n) is 23.0. The fourth-order valence-corrected chi connectivity index (χ4v) is 9.92. The smallest absolute Gasteiger partial charge is 0.306 e. The molecular formula is C75H130O6. The minimum atomic E-state index is -0.788. The Morgan fingerprint density at radius 1 is 0.259 bits per heavy atom. The van der Waals surface area contributed by atoms with Crippen LogP contribution in [0.3, 0.4) is 0 Å². The highest BCUT2D eigenvalue weighted by atomic mass is 16.6. The molecule has 0 rings (SSSR count). The molecule has 0 N–H and O–H groups in total. The molecule has 0 aromatic carbocycles. The SMILES string of the molecule is CC/C=C\C/C=C\C/C=C\C/C=C\CCCCCCCCCCCCCCCCCCCCCCCCC(=O)OCC(COC(=O)CCCCCCC/C=C\CCCCCC)OC(=O)CCCCCCC/C=C\C/C=C\C/C=C\CC. The lowest BCUT2D eigenvalue weighted by atomic mass is 10.0. The zero-order valence-corrected chi connectivity index (χ0v) is 53.5. The van der Waals surface area contributed by atoms with Crippen LogP contribution in [0, 0.1) is 0 Å². The number of carbonyl (C=O) groups is 3. The van der Waals surface area contributed by atoms with Crippen molar-refractivity contribution >= 4 is 17.9 Å². The van der Waals surface area contributed by atoms with Gasteiger partial charge in [0.2, 0.25) is 0 Å². The number of hydrogen-bond donors (Lipinski definition) is 0. The van der Waals surface area contributed by atoms with Gasteiger partial charge in [0.05, 0.1) is 0 Å². The van der Waals surface area contributed by atoms with Crippen molar-refractivity contribution in [2.24, 2.45) is 0 Å². The molecule has 0 fully saturated rings. The zero-order valence-electron chi connectivity index (χ0n) is 53.5. The van der Waals surface area contributed by atoms with Gasteiger partial charge in [-0.05, 0) is 116 Å². The molecule has 0 heterocycles. The quantitative estimate of drug-likeness (QED) is 0.0261.